The second-order valence-electron chi connectivity index (χ2n) is 6.39. The molecule has 0 aliphatic carbocycles. The van der Waals surface area contributed by atoms with Gasteiger partial charge in [0.25, 0.3) is 5.56 Å². The Bertz CT molecular complexity index is 1010. The minimum absolute atomic E-state index is 0.0399. The molecule has 3 aromatic rings. The van der Waals surface area contributed by atoms with E-state index in [4.69, 9.17) is 0 Å². The standard InChI is InChI=1S/C20H21N3O2S/c1-13(2)23-19(25)16-9-4-5-10-17(16)22-20(23)26-12-18(24)21-15-8-6-7-14(3)11-15/h4-11,13H,12H2,1-3H3,(H,21,24). The largest absolute Gasteiger partial charge is 0.325 e. The number of hydrogen-bond donors (Lipinski definition) is 1. The number of nitrogens with one attached hydrogen (secondary N) is 1. The van der Waals surface area contributed by atoms with Crippen molar-refractivity contribution in [3.8, 4) is 0 Å². The van der Waals surface area contributed by atoms with Crippen LogP contribution in [0, 0.1) is 6.92 Å². The number of nitrogens with zero attached hydrogens (tertiary/aromatic N) is 2. The molecule has 1 heterocycles. The number of thioether (sulfide) groups is 1. The number of aryl methyl sites for hydroxylation is 1. The third-order valence-electron chi connectivity index (χ3n) is 3.93. The van der Waals surface area contributed by atoms with E-state index in [1.54, 1.807) is 10.6 Å². The summed E-state index contributed by atoms with van der Waals surface area (Å²) in [5.74, 6) is 0.0594. The number of benzene rings is 2. The fourth-order valence-corrected chi connectivity index (χ4v) is 3.66. The monoisotopic (exact) mass is 367 g/mol. The van der Waals surface area contributed by atoms with E-state index in [-0.39, 0.29) is 23.3 Å². The maximum Gasteiger partial charge on any atom is 0.262 e. The number of fused-ring (bicyclic) bond motifs is 1. The highest BCUT2D eigenvalue weighted by atomic mass is 32.2. The van der Waals surface area contributed by atoms with Crippen molar-refractivity contribution in [3.63, 3.8) is 0 Å². The predicted molar refractivity (Wildman–Crippen MR) is 107 cm³/mol. The van der Waals surface area contributed by atoms with Crippen LogP contribution in [0.5, 0.6) is 0 Å². The Labute approximate surface area is 156 Å². The molecule has 0 fully saturated rings. The van der Waals surface area contributed by atoms with Crippen molar-refractivity contribution < 1.29 is 4.79 Å². The van der Waals surface area contributed by atoms with Crippen molar-refractivity contribution in [1.82, 2.24) is 9.55 Å². The first-order chi connectivity index (χ1) is 12.5. The lowest BCUT2D eigenvalue weighted by molar-refractivity contribution is -0.113. The molecule has 0 saturated carbocycles. The van der Waals surface area contributed by atoms with E-state index in [1.165, 1.54) is 11.8 Å². The molecule has 0 saturated heterocycles. The Balaban J connectivity index is 1.83. The fourth-order valence-electron chi connectivity index (χ4n) is 2.73. The van der Waals surface area contributed by atoms with Gasteiger partial charge in [-0.05, 0) is 50.6 Å². The number of carbonyl (C=O) groups is 1. The Hall–Kier alpha value is -2.60. The van der Waals surface area contributed by atoms with E-state index in [0.717, 1.165) is 11.3 Å². The highest BCUT2D eigenvalue weighted by Crippen LogP contribution is 2.21. The molecule has 5 nitrogen and oxygen atoms in total. The van der Waals surface area contributed by atoms with Gasteiger partial charge in [-0.25, -0.2) is 4.98 Å². The zero-order valence-corrected chi connectivity index (χ0v) is 15.8. The maximum absolute atomic E-state index is 12.8. The molecule has 3 rings (SSSR count). The van der Waals surface area contributed by atoms with E-state index in [1.807, 2.05) is 63.2 Å². The summed E-state index contributed by atoms with van der Waals surface area (Å²) in [6.07, 6.45) is 0. The van der Waals surface area contributed by atoms with Crippen LogP contribution in [0.2, 0.25) is 0 Å². The van der Waals surface area contributed by atoms with E-state index in [2.05, 4.69) is 10.3 Å². The van der Waals surface area contributed by atoms with Crippen LogP contribution in [-0.2, 0) is 4.79 Å². The van der Waals surface area contributed by atoms with Crippen LogP contribution in [-0.4, -0.2) is 21.2 Å². The zero-order chi connectivity index (χ0) is 18.7. The topological polar surface area (TPSA) is 64.0 Å². The summed E-state index contributed by atoms with van der Waals surface area (Å²) in [5.41, 5.74) is 2.42. The predicted octanol–water partition coefficient (Wildman–Crippen LogP) is 4.02. The lowest BCUT2D eigenvalue weighted by atomic mass is 10.2. The van der Waals surface area contributed by atoms with Gasteiger partial charge in [-0.2, -0.15) is 0 Å². The molecule has 0 atom stereocenters. The molecule has 134 valence electrons. The number of carbonyl (C=O) groups excluding carboxylic acids is 1. The quantitative estimate of drug-likeness (QED) is 0.546. The van der Waals surface area contributed by atoms with Gasteiger partial charge in [0.2, 0.25) is 5.91 Å². The van der Waals surface area contributed by atoms with Crippen molar-refractivity contribution in [3.05, 3.63) is 64.4 Å². The van der Waals surface area contributed by atoms with Crippen molar-refractivity contribution in [2.24, 2.45) is 0 Å². The van der Waals surface area contributed by atoms with Gasteiger partial charge in [-0.1, -0.05) is 36.0 Å². The van der Waals surface area contributed by atoms with Crippen LogP contribution in [0.25, 0.3) is 10.9 Å². The Morgan fingerprint density at radius 2 is 1.96 bits per heavy atom. The second-order valence-corrected chi connectivity index (χ2v) is 7.33. The lowest BCUT2D eigenvalue weighted by Gasteiger charge is -2.16. The number of hydrogen-bond acceptors (Lipinski definition) is 4. The number of anilines is 1. The van der Waals surface area contributed by atoms with E-state index in [0.29, 0.717) is 16.1 Å². The molecular formula is C20H21N3O2S. The molecule has 6 heteroatoms. The van der Waals surface area contributed by atoms with E-state index in [9.17, 15) is 9.59 Å². The normalized spacial score (nSPS) is 11.1. The zero-order valence-electron chi connectivity index (χ0n) is 15.0. The van der Waals surface area contributed by atoms with Crippen molar-refractivity contribution in [2.45, 2.75) is 32.0 Å². The summed E-state index contributed by atoms with van der Waals surface area (Å²) in [4.78, 5) is 29.6. The third kappa shape index (κ3) is 3.96. The van der Waals surface area contributed by atoms with Crippen LogP contribution in [0.3, 0.4) is 0 Å². The molecule has 0 aliphatic rings. The van der Waals surface area contributed by atoms with E-state index >= 15 is 0 Å². The first kappa shape index (κ1) is 18.2. The summed E-state index contributed by atoms with van der Waals surface area (Å²) in [6.45, 7) is 5.86. The maximum atomic E-state index is 12.8. The second kappa shape index (κ2) is 7.74. The van der Waals surface area contributed by atoms with Crippen molar-refractivity contribution in [1.29, 1.82) is 0 Å². The molecule has 0 spiro atoms. The molecule has 2 aromatic carbocycles. The first-order valence-electron chi connectivity index (χ1n) is 8.46. The number of amides is 1. The Kier molecular flexibility index (Phi) is 5.42. The molecule has 1 aromatic heterocycles. The van der Waals surface area contributed by atoms with Gasteiger partial charge in [-0.3, -0.25) is 14.2 Å². The lowest BCUT2D eigenvalue weighted by Crippen LogP contribution is -2.25. The number of aromatic nitrogens is 2. The molecule has 0 radical (unpaired) electrons. The summed E-state index contributed by atoms with van der Waals surface area (Å²) < 4.78 is 1.65. The minimum Gasteiger partial charge on any atom is -0.325 e. The highest BCUT2D eigenvalue weighted by molar-refractivity contribution is 7.99. The fraction of sp³-hybridized carbons (Fsp3) is 0.250. The molecule has 0 aliphatic heterocycles. The van der Waals surface area contributed by atoms with Crippen molar-refractivity contribution in [2.75, 3.05) is 11.1 Å². The van der Waals surface area contributed by atoms with Crippen LogP contribution < -0.4 is 10.9 Å². The average Bonchev–Trinajstić information content (AvgIpc) is 2.59. The number of rotatable bonds is 5. The van der Waals surface area contributed by atoms with Gasteiger partial charge in [0.1, 0.15) is 0 Å². The molecule has 1 N–H and O–H groups in total. The SMILES string of the molecule is Cc1cccc(NC(=O)CSc2nc3ccccc3c(=O)n2C(C)C)c1. The van der Waals surface area contributed by atoms with Gasteiger partial charge in [0.05, 0.1) is 16.7 Å². The summed E-state index contributed by atoms with van der Waals surface area (Å²) in [5, 5.41) is 4.03. The molecule has 1 amide bonds. The van der Waals surface area contributed by atoms with Crippen LogP contribution >= 0.6 is 11.8 Å². The highest BCUT2D eigenvalue weighted by Gasteiger charge is 2.15. The van der Waals surface area contributed by atoms with Gasteiger partial charge in [0.15, 0.2) is 5.16 Å². The van der Waals surface area contributed by atoms with E-state index < -0.39 is 0 Å². The van der Waals surface area contributed by atoms with Gasteiger partial charge in [0, 0.05) is 11.7 Å². The van der Waals surface area contributed by atoms with Gasteiger partial charge in [-0.15, -0.1) is 0 Å². The van der Waals surface area contributed by atoms with Crippen molar-refractivity contribution >= 4 is 34.3 Å². The molecule has 0 bridgehead atoms. The Morgan fingerprint density at radius 3 is 2.69 bits per heavy atom. The Morgan fingerprint density at radius 1 is 1.19 bits per heavy atom. The van der Waals surface area contributed by atoms with Crippen LogP contribution in [0.1, 0.15) is 25.5 Å². The molecule has 26 heavy (non-hydrogen) atoms. The summed E-state index contributed by atoms with van der Waals surface area (Å²) >= 11 is 1.28. The first-order valence-corrected chi connectivity index (χ1v) is 9.45. The van der Waals surface area contributed by atoms with Gasteiger partial charge < -0.3 is 5.32 Å². The third-order valence-corrected chi connectivity index (χ3v) is 4.88. The van der Waals surface area contributed by atoms with Crippen LogP contribution in [0.15, 0.2) is 58.5 Å². The van der Waals surface area contributed by atoms with Crippen LogP contribution in [0.4, 0.5) is 5.69 Å². The summed E-state index contributed by atoms with van der Waals surface area (Å²) in [7, 11) is 0. The summed E-state index contributed by atoms with van der Waals surface area (Å²) in [6, 6.07) is 14.9. The van der Waals surface area contributed by atoms with Gasteiger partial charge >= 0.3 is 0 Å². The smallest absolute Gasteiger partial charge is 0.262 e. The molecular weight excluding hydrogens is 346 g/mol. The molecule has 0 unspecified atom stereocenters. The average molecular weight is 367 g/mol. The minimum atomic E-state index is -0.127. The number of para-hydroxylation sites is 1.